The molecule has 1 rings (SSSR count). The van der Waals surface area contributed by atoms with Crippen LogP contribution in [0.5, 0.6) is 0 Å². The molecule has 0 radical (unpaired) electrons. The van der Waals surface area contributed by atoms with E-state index >= 15 is 0 Å². The van der Waals surface area contributed by atoms with E-state index < -0.39 is 0 Å². The summed E-state index contributed by atoms with van der Waals surface area (Å²) in [6.45, 7) is 9.74. The molecule has 0 saturated heterocycles. The van der Waals surface area contributed by atoms with Crippen molar-refractivity contribution in [3.05, 3.63) is 0 Å². The molecule has 0 bridgehead atoms. The lowest BCUT2D eigenvalue weighted by molar-refractivity contribution is 0.0371. The lowest BCUT2D eigenvalue weighted by Crippen LogP contribution is -2.50. The highest BCUT2D eigenvalue weighted by atomic mass is 15.1. The van der Waals surface area contributed by atoms with Gasteiger partial charge in [-0.05, 0) is 58.0 Å². The SMILES string of the molecule is CCC1CCC(C)CCC(C)(N(C)C)C1C. The van der Waals surface area contributed by atoms with Crippen LogP contribution in [0.25, 0.3) is 0 Å². The van der Waals surface area contributed by atoms with Crippen LogP contribution in [0.15, 0.2) is 0 Å². The molecule has 0 amide bonds. The van der Waals surface area contributed by atoms with Crippen molar-refractivity contribution in [2.24, 2.45) is 17.8 Å². The normalized spacial score (nSPS) is 41.8. The molecule has 1 aliphatic carbocycles. The van der Waals surface area contributed by atoms with E-state index in [0.717, 1.165) is 17.8 Å². The van der Waals surface area contributed by atoms with Gasteiger partial charge in [-0.3, -0.25) is 0 Å². The fraction of sp³-hybridized carbons (Fsp3) is 1.00. The highest BCUT2D eigenvalue weighted by Gasteiger charge is 2.38. The van der Waals surface area contributed by atoms with Gasteiger partial charge >= 0.3 is 0 Å². The number of rotatable bonds is 2. The van der Waals surface area contributed by atoms with E-state index in [0.29, 0.717) is 5.54 Å². The summed E-state index contributed by atoms with van der Waals surface area (Å²) in [5.41, 5.74) is 0.398. The molecule has 0 N–H and O–H groups in total. The Kier molecular flexibility index (Phi) is 4.85. The van der Waals surface area contributed by atoms with Crippen LogP contribution in [0.4, 0.5) is 0 Å². The van der Waals surface area contributed by atoms with E-state index in [1.54, 1.807) is 0 Å². The molecule has 0 heterocycles. The zero-order valence-corrected chi connectivity index (χ0v) is 12.2. The largest absolute Gasteiger partial charge is 0.304 e. The van der Waals surface area contributed by atoms with Gasteiger partial charge in [0.05, 0.1) is 0 Å². The summed E-state index contributed by atoms with van der Waals surface area (Å²) in [4.78, 5) is 2.47. The second-order valence-corrected chi connectivity index (χ2v) is 6.43. The molecule has 4 unspecified atom stereocenters. The molecule has 1 heteroatoms. The molecule has 0 aromatic carbocycles. The van der Waals surface area contributed by atoms with Gasteiger partial charge in [0.2, 0.25) is 0 Å². The quantitative estimate of drug-likeness (QED) is 0.681. The Bertz CT molecular complexity index is 211. The first-order valence-electron chi connectivity index (χ1n) is 7.09. The van der Waals surface area contributed by atoms with Crippen molar-refractivity contribution < 1.29 is 0 Å². The maximum Gasteiger partial charge on any atom is 0.0203 e. The van der Waals surface area contributed by atoms with Gasteiger partial charge in [0.1, 0.15) is 0 Å². The highest BCUT2D eigenvalue weighted by molar-refractivity contribution is 4.93. The third kappa shape index (κ3) is 2.80. The van der Waals surface area contributed by atoms with Crippen molar-refractivity contribution in [3.8, 4) is 0 Å². The summed E-state index contributed by atoms with van der Waals surface area (Å²) in [7, 11) is 4.52. The van der Waals surface area contributed by atoms with E-state index in [-0.39, 0.29) is 0 Å². The van der Waals surface area contributed by atoms with Crippen molar-refractivity contribution in [1.82, 2.24) is 4.90 Å². The lowest BCUT2D eigenvalue weighted by atomic mass is 9.68. The van der Waals surface area contributed by atoms with Gasteiger partial charge in [-0.1, -0.05) is 33.6 Å². The summed E-state index contributed by atoms with van der Waals surface area (Å²) < 4.78 is 0. The van der Waals surface area contributed by atoms with E-state index in [1.165, 1.54) is 32.1 Å². The molecular weight excluding hydrogens is 194 g/mol. The van der Waals surface area contributed by atoms with Gasteiger partial charge in [-0.2, -0.15) is 0 Å². The van der Waals surface area contributed by atoms with Crippen molar-refractivity contribution in [2.75, 3.05) is 14.1 Å². The third-order valence-corrected chi connectivity index (χ3v) is 5.41. The van der Waals surface area contributed by atoms with E-state index in [9.17, 15) is 0 Å². The van der Waals surface area contributed by atoms with Gasteiger partial charge in [-0.15, -0.1) is 0 Å². The number of hydrogen-bond donors (Lipinski definition) is 0. The lowest BCUT2D eigenvalue weighted by Gasteiger charge is -2.47. The highest BCUT2D eigenvalue weighted by Crippen LogP contribution is 2.40. The van der Waals surface area contributed by atoms with Crippen molar-refractivity contribution in [2.45, 2.75) is 65.3 Å². The molecule has 0 spiro atoms. The van der Waals surface area contributed by atoms with Gasteiger partial charge < -0.3 is 4.90 Å². The molecule has 16 heavy (non-hydrogen) atoms. The monoisotopic (exact) mass is 225 g/mol. The minimum atomic E-state index is 0.398. The first-order chi connectivity index (χ1) is 7.41. The zero-order valence-electron chi connectivity index (χ0n) is 12.2. The summed E-state index contributed by atoms with van der Waals surface area (Å²) in [5, 5.41) is 0. The predicted molar refractivity (Wildman–Crippen MR) is 72.7 cm³/mol. The average Bonchev–Trinajstić information content (AvgIpc) is 2.24. The van der Waals surface area contributed by atoms with Crippen molar-refractivity contribution >= 4 is 0 Å². The maximum absolute atomic E-state index is 2.48. The van der Waals surface area contributed by atoms with Gasteiger partial charge in [-0.25, -0.2) is 0 Å². The molecular formula is C15H31N. The fourth-order valence-electron chi connectivity index (χ4n) is 3.36. The first kappa shape index (κ1) is 14.0. The van der Waals surface area contributed by atoms with Crippen LogP contribution in [-0.2, 0) is 0 Å². The summed E-state index contributed by atoms with van der Waals surface area (Å²) in [5.74, 6) is 2.65. The Labute approximate surface area is 103 Å². The second kappa shape index (κ2) is 5.53. The third-order valence-electron chi connectivity index (χ3n) is 5.41. The topological polar surface area (TPSA) is 3.24 Å². The molecule has 0 aromatic rings. The predicted octanol–water partition coefficient (Wildman–Crippen LogP) is 4.18. The Balaban J connectivity index is 2.86. The molecule has 0 aromatic heterocycles. The van der Waals surface area contributed by atoms with Crippen LogP contribution in [0.2, 0.25) is 0 Å². The zero-order chi connectivity index (χ0) is 12.3. The van der Waals surface area contributed by atoms with Crippen molar-refractivity contribution in [1.29, 1.82) is 0 Å². The van der Waals surface area contributed by atoms with Crippen LogP contribution in [0.1, 0.15) is 59.8 Å². The van der Waals surface area contributed by atoms with E-state index in [4.69, 9.17) is 0 Å². The van der Waals surface area contributed by atoms with Gasteiger partial charge in [0, 0.05) is 5.54 Å². The standard InChI is InChI=1S/C15H31N/c1-7-14-9-8-12(2)10-11-15(4,13(14)3)16(5)6/h12-14H,7-11H2,1-6H3. The van der Waals surface area contributed by atoms with Crippen LogP contribution in [0.3, 0.4) is 0 Å². The fourth-order valence-corrected chi connectivity index (χ4v) is 3.36. The molecule has 1 nitrogen and oxygen atoms in total. The maximum atomic E-state index is 2.48. The number of nitrogens with zero attached hydrogens (tertiary/aromatic N) is 1. The smallest absolute Gasteiger partial charge is 0.0203 e. The van der Waals surface area contributed by atoms with E-state index in [1.807, 2.05) is 0 Å². The molecule has 4 atom stereocenters. The van der Waals surface area contributed by atoms with Crippen LogP contribution in [0, 0.1) is 17.8 Å². The first-order valence-corrected chi connectivity index (χ1v) is 7.09. The van der Waals surface area contributed by atoms with Crippen LogP contribution >= 0.6 is 0 Å². The minimum absolute atomic E-state index is 0.398. The number of hydrogen-bond acceptors (Lipinski definition) is 1. The minimum Gasteiger partial charge on any atom is -0.304 e. The molecule has 0 aliphatic heterocycles. The van der Waals surface area contributed by atoms with Gasteiger partial charge in [0.15, 0.2) is 0 Å². The second-order valence-electron chi connectivity index (χ2n) is 6.43. The van der Waals surface area contributed by atoms with E-state index in [2.05, 4.69) is 46.7 Å². The average molecular weight is 225 g/mol. The molecule has 1 aliphatic rings. The van der Waals surface area contributed by atoms with Crippen LogP contribution in [-0.4, -0.2) is 24.5 Å². The Morgan fingerprint density at radius 2 is 1.75 bits per heavy atom. The molecule has 96 valence electrons. The summed E-state index contributed by atoms with van der Waals surface area (Å²) in [6.07, 6.45) is 6.97. The Morgan fingerprint density at radius 3 is 2.25 bits per heavy atom. The van der Waals surface area contributed by atoms with Crippen molar-refractivity contribution in [3.63, 3.8) is 0 Å². The summed E-state index contributed by atoms with van der Waals surface area (Å²) in [6, 6.07) is 0. The molecule has 1 fully saturated rings. The summed E-state index contributed by atoms with van der Waals surface area (Å²) >= 11 is 0. The Morgan fingerprint density at radius 1 is 1.12 bits per heavy atom. The van der Waals surface area contributed by atoms with Crippen LogP contribution < -0.4 is 0 Å². The van der Waals surface area contributed by atoms with Gasteiger partial charge in [0.25, 0.3) is 0 Å². The Hall–Kier alpha value is -0.0400. The molecule has 1 saturated carbocycles.